The number of phenolic OH excluding ortho intramolecular Hbond substituents is 2. The molecule has 1 aromatic carbocycles. The van der Waals surface area contributed by atoms with E-state index in [1.165, 1.54) is 30.4 Å². The molecule has 2 N–H and O–H groups in total. The van der Waals surface area contributed by atoms with E-state index < -0.39 is 11.8 Å². The van der Waals surface area contributed by atoms with Crippen LogP contribution in [-0.4, -0.2) is 29.1 Å². The Morgan fingerprint density at radius 1 is 1.04 bits per heavy atom. The standard InChI is InChI=1S/C22H28O5/c1-15(2)7-5-8-16(3)9-6-10-17(22(26)27-4)13-21(25)19-14-18(23)11-12-20(19)24/h7,9,11-14,23-24H,5-6,8,10H2,1-4H3/b16-9+,17-13-. The van der Waals surface area contributed by atoms with Crippen molar-refractivity contribution in [2.45, 2.75) is 46.5 Å². The van der Waals surface area contributed by atoms with Crippen molar-refractivity contribution in [3.63, 3.8) is 0 Å². The Morgan fingerprint density at radius 3 is 2.33 bits per heavy atom. The van der Waals surface area contributed by atoms with E-state index in [9.17, 15) is 19.8 Å². The van der Waals surface area contributed by atoms with Crippen LogP contribution in [0.1, 0.15) is 56.8 Å². The van der Waals surface area contributed by atoms with Gasteiger partial charge in [0.15, 0.2) is 5.78 Å². The number of rotatable bonds is 9. The minimum absolute atomic E-state index is 0.0650. The molecule has 146 valence electrons. The van der Waals surface area contributed by atoms with Crippen molar-refractivity contribution >= 4 is 11.8 Å². The maximum Gasteiger partial charge on any atom is 0.333 e. The maximum absolute atomic E-state index is 12.4. The van der Waals surface area contributed by atoms with Gasteiger partial charge in [-0.15, -0.1) is 0 Å². The van der Waals surface area contributed by atoms with Gasteiger partial charge in [0.1, 0.15) is 11.5 Å². The zero-order chi connectivity index (χ0) is 20.4. The van der Waals surface area contributed by atoms with E-state index in [4.69, 9.17) is 4.74 Å². The van der Waals surface area contributed by atoms with E-state index in [2.05, 4.69) is 19.9 Å². The quantitative estimate of drug-likeness (QED) is 0.213. The summed E-state index contributed by atoms with van der Waals surface area (Å²) in [7, 11) is 1.26. The molecule has 0 atom stereocenters. The lowest BCUT2D eigenvalue weighted by Crippen LogP contribution is -2.08. The minimum Gasteiger partial charge on any atom is -0.508 e. The summed E-state index contributed by atoms with van der Waals surface area (Å²) in [6.07, 6.45) is 8.24. The van der Waals surface area contributed by atoms with Gasteiger partial charge in [-0.3, -0.25) is 4.79 Å². The molecule has 0 aliphatic heterocycles. The summed E-state index contributed by atoms with van der Waals surface area (Å²) < 4.78 is 4.75. The topological polar surface area (TPSA) is 83.8 Å². The van der Waals surface area contributed by atoms with Crippen molar-refractivity contribution in [2.24, 2.45) is 0 Å². The summed E-state index contributed by atoms with van der Waals surface area (Å²) in [5.41, 5.74) is 2.66. The number of phenols is 2. The average molecular weight is 372 g/mol. The van der Waals surface area contributed by atoms with Crippen molar-refractivity contribution in [2.75, 3.05) is 7.11 Å². The molecule has 0 spiro atoms. The minimum atomic E-state index is -0.585. The van der Waals surface area contributed by atoms with Crippen LogP contribution in [0.15, 0.2) is 53.1 Å². The molecule has 0 bridgehead atoms. The first kappa shape index (κ1) is 22.2. The molecule has 5 heteroatoms. The van der Waals surface area contributed by atoms with E-state index in [1.54, 1.807) is 0 Å². The number of methoxy groups -OCH3 is 1. The van der Waals surface area contributed by atoms with E-state index >= 15 is 0 Å². The fraction of sp³-hybridized carbons (Fsp3) is 0.364. The lowest BCUT2D eigenvalue weighted by atomic mass is 10.0. The van der Waals surface area contributed by atoms with Gasteiger partial charge in [0, 0.05) is 5.57 Å². The third kappa shape index (κ3) is 7.94. The first-order valence-corrected chi connectivity index (χ1v) is 8.88. The molecule has 0 saturated heterocycles. The summed E-state index contributed by atoms with van der Waals surface area (Å²) >= 11 is 0. The molecule has 5 nitrogen and oxygen atoms in total. The highest BCUT2D eigenvalue weighted by atomic mass is 16.5. The lowest BCUT2D eigenvalue weighted by molar-refractivity contribution is -0.136. The summed E-state index contributed by atoms with van der Waals surface area (Å²) in [5.74, 6) is -1.54. The highest BCUT2D eigenvalue weighted by molar-refractivity contribution is 6.10. The molecule has 0 aliphatic rings. The molecule has 0 saturated carbocycles. The van der Waals surface area contributed by atoms with Crippen LogP contribution in [0.25, 0.3) is 0 Å². The number of hydrogen-bond acceptors (Lipinski definition) is 5. The molecular weight excluding hydrogens is 344 g/mol. The van der Waals surface area contributed by atoms with Crippen LogP contribution in [0.3, 0.4) is 0 Å². The van der Waals surface area contributed by atoms with Crippen LogP contribution in [0, 0.1) is 0 Å². The second kappa shape index (κ2) is 11.0. The smallest absolute Gasteiger partial charge is 0.333 e. The van der Waals surface area contributed by atoms with Crippen LogP contribution in [-0.2, 0) is 9.53 Å². The predicted octanol–water partition coefficient (Wildman–Crippen LogP) is 4.85. The number of carbonyl (C=O) groups excluding carboxylic acids is 2. The van der Waals surface area contributed by atoms with Crippen molar-refractivity contribution < 1.29 is 24.5 Å². The Labute approximate surface area is 160 Å². The van der Waals surface area contributed by atoms with Crippen molar-refractivity contribution in [3.8, 4) is 11.5 Å². The van der Waals surface area contributed by atoms with E-state index in [-0.39, 0.29) is 22.6 Å². The van der Waals surface area contributed by atoms with E-state index in [0.717, 1.165) is 25.0 Å². The number of hydrogen-bond donors (Lipinski definition) is 2. The number of allylic oxidation sites excluding steroid dienone is 5. The second-order valence-electron chi connectivity index (χ2n) is 6.64. The van der Waals surface area contributed by atoms with Gasteiger partial charge >= 0.3 is 5.97 Å². The molecular formula is C22H28O5. The summed E-state index contributed by atoms with van der Waals surface area (Å²) in [5, 5.41) is 19.3. The molecule has 0 fully saturated rings. The Morgan fingerprint density at radius 2 is 1.70 bits per heavy atom. The Kier molecular flexibility index (Phi) is 9.06. The molecule has 0 aromatic heterocycles. The van der Waals surface area contributed by atoms with Crippen LogP contribution in [0.5, 0.6) is 11.5 Å². The highest BCUT2D eigenvalue weighted by Crippen LogP contribution is 2.24. The number of benzene rings is 1. The monoisotopic (exact) mass is 372 g/mol. The third-order valence-electron chi connectivity index (χ3n) is 4.00. The number of esters is 1. The highest BCUT2D eigenvalue weighted by Gasteiger charge is 2.15. The normalized spacial score (nSPS) is 11.9. The van der Waals surface area contributed by atoms with Gasteiger partial charge < -0.3 is 14.9 Å². The molecule has 0 unspecified atom stereocenters. The predicted molar refractivity (Wildman–Crippen MR) is 106 cm³/mol. The van der Waals surface area contributed by atoms with Crippen LogP contribution in [0.4, 0.5) is 0 Å². The fourth-order valence-corrected chi connectivity index (χ4v) is 2.49. The number of ether oxygens (including phenoxy) is 1. The number of carbonyl (C=O) groups is 2. The van der Waals surface area contributed by atoms with Crippen molar-refractivity contribution in [1.82, 2.24) is 0 Å². The van der Waals surface area contributed by atoms with Gasteiger partial charge in [0.2, 0.25) is 0 Å². The van der Waals surface area contributed by atoms with Crippen LogP contribution >= 0.6 is 0 Å². The average Bonchev–Trinajstić information content (AvgIpc) is 2.61. The molecule has 1 aromatic rings. The summed E-state index contributed by atoms with van der Waals surface area (Å²) in [6.45, 7) is 6.16. The van der Waals surface area contributed by atoms with Gasteiger partial charge in [0.25, 0.3) is 0 Å². The number of aromatic hydroxyl groups is 2. The van der Waals surface area contributed by atoms with Crippen molar-refractivity contribution in [1.29, 1.82) is 0 Å². The van der Waals surface area contributed by atoms with Gasteiger partial charge in [-0.2, -0.15) is 0 Å². The first-order chi connectivity index (χ1) is 12.7. The number of ketones is 1. The van der Waals surface area contributed by atoms with Crippen LogP contribution < -0.4 is 0 Å². The molecule has 27 heavy (non-hydrogen) atoms. The summed E-state index contributed by atoms with van der Waals surface area (Å²) in [6, 6.07) is 3.67. The zero-order valence-corrected chi connectivity index (χ0v) is 16.4. The Hall–Kier alpha value is -2.82. The van der Waals surface area contributed by atoms with Crippen LogP contribution in [0.2, 0.25) is 0 Å². The van der Waals surface area contributed by atoms with E-state index in [0.29, 0.717) is 12.8 Å². The lowest BCUT2D eigenvalue weighted by Gasteiger charge is -2.06. The van der Waals surface area contributed by atoms with Crippen molar-refractivity contribution in [3.05, 3.63) is 58.7 Å². The largest absolute Gasteiger partial charge is 0.508 e. The fourth-order valence-electron chi connectivity index (χ4n) is 2.49. The van der Waals surface area contributed by atoms with Gasteiger partial charge in [-0.05, 0) is 70.7 Å². The SMILES string of the molecule is COC(=O)/C(=C\C(=O)c1cc(O)ccc1O)CC/C=C(\C)CCC=C(C)C. The Balaban J connectivity index is 2.85. The third-order valence-corrected chi connectivity index (χ3v) is 4.00. The molecule has 0 amide bonds. The first-order valence-electron chi connectivity index (χ1n) is 8.88. The molecule has 0 heterocycles. The van der Waals surface area contributed by atoms with Gasteiger partial charge in [0.05, 0.1) is 12.7 Å². The summed E-state index contributed by atoms with van der Waals surface area (Å²) in [4.78, 5) is 24.3. The zero-order valence-electron chi connectivity index (χ0n) is 16.4. The molecule has 1 rings (SSSR count). The van der Waals surface area contributed by atoms with E-state index in [1.807, 2.05) is 13.0 Å². The Bertz CT molecular complexity index is 765. The maximum atomic E-state index is 12.4. The van der Waals surface area contributed by atoms with Gasteiger partial charge in [-0.25, -0.2) is 4.79 Å². The second-order valence-corrected chi connectivity index (χ2v) is 6.64. The molecule has 0 radical (unpaired) electrons. The molecule has 0 aliphatic carbocycles. The van der Waals surface area contributed by atoms with Gasteiger partial charge in [-0.1, -0.05) is 23.3 Å².